The first kappa shape index (κ1) is 16.8. The van der Waals surface area contributed by atoms with Gasteiger partial charge >= 0.3 is 0 Å². The quantitative estimate of drug-likeness (QED) is 0.485. The first-order chi connectivity index (χ1) is 11.7. The molecule has 1 atom stereocenters. The summed E-state index contributed by atoms with van der Waals surface area (Å²) >= 11 is 0. The Morgan fingerprint density at radius 1 is 0.958 bits per heavy atom. The molecular formula is C23H25F. The minimum atomic E-state index is -0.220. The molecule has 0 spiro atoms. The lowest BCUT2D eigenvalue weighted by atomic mass is 9.81. The lowest BCUT2D eigenvalue weighted by Gasteiger charge is -2.24. The van der Waals surface area contributed by atoms with Crippen LogP contribution in [0.5, 0.6) is 0 Å². The highest BCUT2D eigenvalue weighted by molar-refractivity contribution is 5.46. The van der Waals surface area contributed by atoms with Crippen LogP contribution in [0.4, 0.5) is 4.39 Å². The molecule has 0 N–H and O–H groups in total. The third-order valence-electron chi connectivity index (χ3n) is 4.95. The summed E-state index contributed by atoms with van der Waals surface area (Å²) in [5.41, 5.74) is 4.88. The van der Waals surface area contributed by atoms with E-state index in [4.69, 9.17) is 0 Å². The average molecular weight is 320 g/mol. The topological polar surface area (TPSA) is 0 Å². The highest BCUT2D eigenvalue weighted by Crippen LogP contribution is 2.29. The second kappa shape index (κ2) is 8.15. The van der Waals surface area contributed by atoms with Crippen LogP contribution in [0.1, 0.15) is 61.3 Å². The van der Waals surface area contributed by atoms with Crippen molar-refractivity contribution in [2.45, 2.75) is 51.9 Å². The van der Waals surface area contributed by atoms with Gasteiger partial charge in [0.25, 0.3) is 0 Å². The van der Waals surface area contributed by atoms with E-state index in [2.05, 4.69) is 37.0 Å². The molecule has 0 nitrogen and oxygen atoms in total. The van der Waals surface area contributed by atoms with Gasteiger partial charge in [-0.15, -0.1) is 0 Å². The summed E-state index contributed by atoms with van der Waals surface area (Å²) in [6.07, 6.45) is 9.13. The Labute approximate surface area is 145 Å². The van der Waals surface area contributed by atoms with Crippen molar-refractivity contribution in [1.29, 1.82) is 0 Å². The molecule has 0 fully saturated rings. The van der Waals surface area contributed by atoms with Gasteiger partial charge in [-0.05, 0) is 72.7 Å². The molecular weight excluding hydrogens is 295 g/mol. The zero-order valence-electron chi connectivity index (χ0n) is 14.4. The summed E-state index contributed by atoms with van der Waals surface area (Å²) in [5, 5.41) is 0. The number of hydrogen-bond donors (Lipinski definition) is 0. The fourth-order valence-corrected chi connectivity index (χ4v) is 3.52. The number of hydrogen-bond acceptors (Lipinski definition) is 0. The molecule has 0 radical (unpaired) electrons. The lowest BCUT2D eigenvalue weighted by molar-refractivity contribution is 0.408. The van der Waals surface area contributed by atoms with Crippen LogP contribution in [0.3, 0.4) is 0 Å². The molecule has 24 heavy (non-hydrogen) atoms. The molecule has 1 aliphatic rings. The molecule has 2 aromatic carbocycles. The summed E-state index contributed by atoms with van der Waals surface area (Å²) in [6.45, 7) is 2.27. The van der Waals surface area contributed by atoms with Crippen LogP contribution in [0.25, 0.3) is 0 Å². The number of rotatable bonds is 4. The Kier molecular flexibility index (Phi) is 5.70. The average Bonchev–Trinajstić information content (AvgIpc) is 2.61. The largest absolute Gasteiger partial charge is 0.207 e. The van der Waals surface area contributed by atoms with Crippen LogP contribution in [-0.2, 0) is 12.8 Å². The fraction of sp³-hybridized carbons (Fsp3) is 0.391. The summed E-state index contributed by atoms with van der Waals surface area (Å²) in [4.78, 5) is 0. The summed E-state index contributed by atoms with van der Waals surface area (Å²) in [6, 6.07) is 13.0. The molecule has 0 heterocycles. The van der Waals surface area contributed by atoms with Crippen LogP contribution in [0.15, 0.2) is 42.5 Å². The van der Waals surface area contributed by atoms with Gasteiger partial charge in [0.05, 0.1) is 0 Å². The van der Waals surface area contributed by atoms with E-state index < -0.39 is 0 Å². The molecule has 1 unspecified atom stereocenters. The van der Waals surface area contributed by atoms with E-state index in [9.17, 15) is 4.39 Å². The van der Waals surface area contributed by atoms with Gasteiger partial charge < -0.3 is 0 Å². The summed E-state index contributed by atoms with van der Waals surface area (Å²) in [5.74, 6) is 6.97. The predicted molar refractivity (Wildman–Crippen MR) is 98.5 cm³/mol. The number of aryl methyl sites for hydroxylation is 1. The van der Waals surface area contributed by atoms with Gasteiger partial charge in [-0.25, -0.2) is 4.39 Å². The van der Waals surface area contributed by atoms with E-state index in [-0.39, 0.29) is 5.82 Å². The van der Waals surface area contributed by atoms with E-state index in [1.807, 2.05) is 0 Å². The molecule has 3 rings (SSSR count). The van der Waals surface area contributed by atoms with Gasteiger partial charge in [0.15, 0.2) is 0 Å². The van der Waals surface area contributed by atoms with Crippen LogP contribution in [0.2, 0.25) is 0 Å². The first-order valence-electron chi connectivity index (χ1n) is 9.14. The van der Waals surface area contributed by atoms with Gasteiger partial charge in [-0.3, -0.25) is 0 Å². The minimum absolute atomic E-state index is 0.220. The Bertz CT molecular complexity index is 731. The van der Waals surface area contributed by atoms with Crippen molar-refractivity contribution < 1.29 is 4.39 Å². The zero-order chi connectivity index (χ0) is 16.8. The van der Waals surface area contributed by atoms with Crippen molar-refractivity contribution >= 4 is 0 Å². The van der Waals surface area contributed by atoms with Crippen LogP contribution < -0.4 is 0 Å². The molecule has 124 valence electrons. The lowest BCUT2D eigenvalue weighted by Crippen LogP contribution is -2.14. The van der Waals surface area contributed by atoms with Crippen molar-refractivity contribution in [1.82, 2.24) is 0 Å². The third kappa shape index (κ3) is 4.48. The van der Waals surface area contributed by atoms with Crippen molar-refractivity contribution in [2.24, 2.45) is 5.92 Å². The molecule has 1 aliphatic carbocycles. The molecule has 0 bridgehead atoms. The van der Waals surface area contributed by atoms with Gasteiger partial charge in [-0.1, -0.05) is 50.5 Å². The maximum atomic E-state index is 12.9. The molecule has 0 saturated heterocycles. The molecule has 0 saturated carbocycles. The number of fused-ring (bicyclic) bond motifs is 1. The van der Waals surface area contributed by atoms with E-state index in [1.165, 1.54) is 68.2 Å². The Hall–Kier alpha value is -2.07. The van der Waals surface area contributed by atoms with Gasteiger partial charge in [0.1, 0.15) is 5.82 Å². The fourth-order valence-electron chi connectivity index (χ4n) is 3.52. The Morgan fingerprint density at radius 3 is 2.50 bits per heavy atom. The summed E-state index contributed by atoms with van der Waals surface area (Å²) < 4.78 is 12.9. The normalized spacial score (nSPS) is 16.2. The van der Waals surface area contributed by atoms with Gasteiger partial charge in [-0.2, -0.15) is 0 Å². The SMILES string of the molecule is CCCCCC1CCc2cc(C#Cc3ccc(F)cc3)ccc2C1. The molecule has 0 amide bonds. The Balaban J connectivity index is 1.66. The monoisotopic (exact) mass is 320 g/mol. The minimum Gasteiger partial charge on any atom is -0.207 e. The van der Waals surface area contributed by atoms with E-state index in [1.54, 1.807) is 12.1 Å². The molecule has 0 aromatic heterocycles. The van der Waals surface area contributed by atoms with Crippen LogP contribution in [0, 0.1) is 23.6 Å². The molecule has 2 aromatic rings. The predicted octanol–water partition coefficient (Wildman–Crippen LogP) is 5.91. The molecule has 1 heteroatoms. The molecule has 0 aliphatic heterocycles. The van der Waals surface area contributed by atoms with Crippen molar-refractivity contribution in [3.8, 4) is 11.8 Å². The van der Waals surface area contributed by atoms with E-state index in [0.717, 1.165) is 17.0 Å². The zero-order valence-corrected chi connectivity index (χ0v) is 14.4. The first-order valence-corrected chi connectivity index (χ1v) is 9.14. The highest BCUT2D eigenvalue weighted by Gasteiger charge is 2.18. The number of halogens is 1. The van der Waals surface area contributed by atoms with E-state index >= 15 is 0 Å². The smallest absolute Gasteiger partial charge is 0.123 e. The number of benzene rings is 2. The summed E-state index contributed by atoms with van der Waals surface area (Å²) in [7, 11) is 0. The third-order valence-corrected chi connectivity index (χ3v) is 4.95. The van der Waals surface area contributed by atoms with Gasteiger partial charge in [0, 0.05) is 11.1 Å². The second-order valence-electron chi connectivity index (χ2n) is 6.84. The van der Waals surface area contributed by atoms with Crippen molar-refractivity contribution in [3.05, 3.63) is 70.5 Å². The second-order valence-corrected chi connectivity index (χ2v) is 6.84. The number of unbranched alkanes of at least 4 members (excludes halogenated alkanes) is 2. The van der Waals surface area contributed by atoms with Crippen LogP contribution >= 0.6 is 0 Å². The Morgan fingerprint density at radius 2 is 1.71 bits per heavy atom. The van der Waals surface area contributed by atoms with Crippen LogP contribution in [-0.4, -0.2) is 0 Å². The van der Waals surface area contributed by atoms with Crippen molar-refractivity contribution in [2.75, 3.05) is 0 Å². The highest BCUT2D eigenvalue weighted by atomic mass is 19.1. The van der Waals surface area contributed by atoms with Gasteiger partial charge in [0.2, 0.25) is 0 Å². The standard InChI is InChI=1S/C23H25F/c1-2-3-4-5-19-8-12-22-17-20(9-13-21(22)16-19)7-6-18-10-14-23(24)15-11-18/h9-11,13-15,17,19H,2-5,8,12,16H2,1H3. The maximum absolute atomic E-state index is 12.9. The van der Waals surface area contributed by atoms with E-state index in [0.29, 0.717) is 0 Å². The van der Waals surface area contributed by atoms with Crippen molar-refractivity contribution in [3.63, 3.8) is 0 Å². The maximum Gasteiger partial charge on any atom is 0.123 e.